The Bertz CT molecular complexity index is 426. The molecule has 0 aromatic heterocycles. The number of nitrogens with two attached hydrogens (primary N) is 1. The molecule has 1 aromatic rings. The molecular weight excluding hydrogens is 231 g/mol. The first-order valence-corrected chi connectivity index (χ1v) is 6.53. The molecule has 98 valence electrons. The summed E-state index contributed by atoms with van der Waals surface area (Å²) >= 11 is 0. The van der Waals surface area contributed by atoms with Gasteiger partial charge in [-0.3, -0.25) is 4.79 Å². The van der Waals surface area contributed by atoms with Gasteiger partial charge in [-0.25, -0.2) is 4.39 Å². The molecule has 0 bridgehead atoms. The van der Waals surface area contributed by atoms with Crippen molar-refractivity contribution in [1.29, 1.82) is 0 Å². The first-order chi connectivity index (χ1) is 8.68. The van der Waals surface area contributed by atoms with Crippen molar-refractivity contribution in [3.05, 3.63) is 29.6 Å². The summed E-state index contributed by atoms with van der Waals surface area (Å²) in [6, 6.07) is 4.28. The van der Waals surface area contributed by atoms with E-state index in [1.807, 2.05) is 4.90 Å². The SMILES string of the molecule is Nc1ccc(C(=O)N2CCCCCCC2)cc1F. The van der Waals surface area contributed by atoms with E-state index in [1.165, 1.54) is 31.4 Å². The fourth-order valence-corrected chi connectivity index (χ4v) is 2.29. The van der Waals surface area contributed by atoms with E-state index in [1.54, 1.807) is 6.07 Å². The van der Waals surface area contributed by atoms with Crippen molar-refractivity contribution in [2.45, 2.75) is 32.1 Å². The van der Waals surface area contributed by atoms with E-state index in [2.05, 4.69) is 0 Å². The molecule has 0 radical (unpaired) electrons. The normalized spacial score (nSPS) is 17.1. The van der Waals surface area contributed by atoms with Crippen LogP contribution in [0.1, 0.15) is 42.5 Å². The molecule has 1 aliphatic heterocycles. The lowest BCUT2D eigenvalue weighted by molar-refractivity contribution is 0.0742. The van der Waals surface area contributed by atoms with Crippen molar-refractivity contribution >= 4 is 11.6 Å². The predicted molar refractivity (Wildman–Crippen MR) is 69.8 cm³/mol. The van der Waals surface area contributed by atoms with Gasteiger partial charge in [-0.05, 0) is 31.0 Å². The summed E-state index contributed by atoms with van der Waals surface area (Å²) < 4.78 is 13.4. The summed E-state index contributed by atoms with van der Waals surface area (Å²) in [6.07, 6.45) is 5.64. The Morgan fingerprint density at radius 3 is 2.33 bits per heavy atom. The molecule has 4 heteroatoms. The van der Waals surface area contributed by atoms with Gasteiger partial charge in [0.15, 0.2) is 0 Å². The monoisotopic (exact) mass is 250 g/mol. The van der Waals surface area contributed by atoms with Crippen LogP contribution in [0.3, 0.4) is 0 Å². The van der Waals surface area contributed by atoms with Crippen LogP contribution in [0.4, 0.5) is 10.1 Å². The quantitative estimate of drug-likeness (QED) is 0.779. The third-order valence-corrected chi connectivity index (χ3v) is 3.39. The van der Waals surface area contributed by atoms with Gasteiger partial charge in [0.25, 0.3) is 5.91 Å². The van der Waals surface area contributed by atoms with E-state index in [0.717, 1.165) is 25.9 Å². The highest BCUT2D eigenvalue weighted by molar-refractivity contribution is 5.94. The van der Waals surface area contributed by atoms with Gasteiger partial charge >= 0.3 is 0 Å². The minimum absolute atomic E-state index is 0.0826. The van der Waals surface area contributed by atoms with Gasteiger partial charge in [0, 0.05) is 18.7 Å². The predicted octanol–water partition coefficient (Wildman–Crippen LogP) is 2.81. The van der Waals surface area contributed by atoms with Crippen LogP contribution >= 0.6 is 0 Å². The average molecular weight is 250 g/mol. The Labute approximate surface area is 107 Å². The second-order valence-corrected chi connectivity index (χ2v) is 4.80. The van der Waals surface area contributed by atoms with Crippen LogP contribution in [0.2, 0.25) is 0 Å². The number of carbonyl (C=O) groups is 1. The molecule has 1 aromatic carbocycles. The molecule has 0 spiro atoms. The zero-order chi connectivity index (χ0) is 13.0. The number of nitrogens with zero attached hydrogens (tertiary/aromatic N) is 1. The van der Waals surface area contributed by atoms with Crippen LogP contribution in [-0.4, -0.2) is 23.9 Å². The maximum absolute atomic E-state index is 13.4. The van der Waals surface area contributed by atoms with Gasteiger partial charge in [0.1, 0.15) is 5.82 Å². The van der Waals surface area contributed by atoms with Crippen LogP contribution < -0.4 is 5.73 Å². The van der Waals surface area contributed by atoms with Crippen LogP contribution in [0.25, 0.3) is 0 Å². The van der Waals surface area contributed by atoms with Gasteiger partial charge in [-0.1, -0.05) is 19.3 Å². The second-order valence-electron chi connectivity index (χ2n) is 4.80. The third kappa shape index (κ3) is 3.00. The Balaban J connectivity index is 2.10. The van der Waals surface area contributed by atoms with Crippen molar-refractivity contribution in [2.24, 2.45) is 0 Å². The van der Waals surface area contributed by atoms with E-state index in [4.69, 9.17) is 5.73 Å². The molecule has 0 aliphatic carbocycles. The molecule has 0 saturated carbocycles. The minimum atomic E-state index is -0.520. The topological polar surface area (TPSA) is 46.3 Å². The molecule has 1 amide bonds. The molecule has 0 unspecified atom stereocenters. The van der Waals surface area contributed by atoms with E-state index in [9.17, 15) is 9.18 Å². The summed E-state index contributed by atoms with van der Waals surface area (Å²) in [5.74, 6) is -0.608. The standard InChI is InChI=1S/C14H19FN2O/c15-12-10-11(6-7-13(12)16)14(18)17-8-4-2-1-3-5-9-17/h6-7,10H,1-5,8-9,16H2. The van der Waals surface area contributed by atoms with E-state index in [0.29, 0.717) is 5.56 Å². The Kier molecular flexibility index (Phi) is 4.18. The largest absolute Gasteiger partial charge is 0.396 e. The van der Waals surface area contributed by atoms with Gasteiger partial charge in [-0.15, -0.1) is 0 Å². The molecule has 1 aliphatic rings. The molecule has 2 rings (SSSR count). The zero-order valence-electron chi connectivity index (χ0n) is 10.5. The smallest absolute Gasteiger partial charge is 0.253 e. The molecule has 2 N–H and O–H groups in total. The Morgan fingerprint density at radius 1 is 1.11 bits per heavy atom. The highest BCUT2D eigenvalue weighted by Gasteiger charge is 2.17. The number of hydrogen-bond donors (Lipinski definition) is 1. The van der Waals surface area contributed by atoms with Crippen LogP contribution in [0.5, 0.6) is 0 Å². The van der Waals surface area contributed by atoms with Crippen molar-refractivity contribution in [2.75, 3.05) is 18.8 Å². The van der Waals surface area contributed by atoms with Gasteiger partial charge in [-0.2, -0.15) is 0 Å². The number of benzene rings is 1. The lowest BCUT2D eigenvalue weighted by Gasteiger charge is -2.24. The molecule has 18 heavy (non-hydrogen) atoms. The lowest BCUT2D eigenvalue weighted by atomic mass is 10.1. The number of amides is 1. The first kappa shape index (κ1) is 12.9. The minimum Gasteiger partial charge on any atom is -0.396 e. The number of rotatable bonds is 1. The first-order valence-electron chi connectivity index (χ1n) is 6.53. The van der Waals surface area contributed by atoms with Crippen molar-refractivity contribution in [3.63, 3.8) is 0 Å². The molecule has 1 heterocycles. The number of likely N-dealkylation sites (tertiary alicyclic amines) is 1. The van der Waals surface area contributed by atoms with Crippen LogP contribution in [0, 0.1) is 5.82 Å². The van der Waals surface area contributed by atoms with Crippen molar-refractivity contribution in [1.82, 2.24) is 4.90 Å². The highest BCUT2D eigenvalue weighted by atomic mass is 19.1. The average Bonchev–Trinajstić information content (AvgIpc) is 2.31. The van der Waals surface area contributed by atoms with Crippen molar-refractivity contribution in [3.8, 4) is 0 Å². The maximum atomic E-state index is 13.4. The van der Waals surface area contributed by atoms with Gasteiger partial charge in [0.2, 0.25) is 0 Å². The number of halogens is 1. The molecular formula is C14H19FN2O. The van der Waals surface area contributed by atoms with E-state index < -0.39 is 5.82 Å². The summed E-state index contributed by atoms with van der Waals surface area (Å²) in [6.45, 7) is 1.54. The molecule has 1 fully saturated rings. The molecule has 3 nitrogen and oxygen atoms in total. The van der Waals surface area contributed by atoms with Gasteiger partial charge in [0.05, 0.1) is 5.69 Å². The third-order valence-electron chi connectivity index (χ3n) is 3.39. The lowest BCUT2D eigenvalue weighted by Crippen LogP contribution is -2.33. The van der Waals surface area contributed by atoms with Crippen LogP contribution in [0.15, 0.2) is 18.2 Å². The number of nitrogen functional groups attached to an aromatic ring is 1. The molecule has 1 saturated heterocycles. The Morgan fingerprint density at radius 2 is 1.72 bits per heavy atom. The summed E-state index contributed by atoms with van der Waals surface area (Å²) in [5.41, 5.74) is 5.89. The fourth-order valence-electron chi connectivity index (χ4n) is 2.29. The Hall–Kier alpha value is -1.58. The summed E-state index contributed by atoms with van der Waals surface area (Å²) in [7, 11) is 0. The van der Waals surface area contributed by atoms with Crippen LogP contribution in [-0.2, 0) is 0 Å². The van der Waals surface area contributed by atoms with E-state index in [-0.39, 0.29) is 11.6 Å². The number of carbonyl (C=O) groups excluding carboxylic acids is 1. The highest BCUT2D eigenvalue weighted by Crippen LogP contribution is 2.16. The van der Waals surface area contributed by atoms with Crippen molar-refractivity contribution < 1.29 is 9.18 Å². The zero-order valence-corrected chi connectivity index (χ0v) is 10.5. The summed E-state index contributed by atoms with van der Waals surface area (Å²) in [4.78, 5) is 14.1. The second kappa shape index (κ2) is 5.85. The maximum Gasteiger partial charge on any atom is 0.253 e. The van der Waals surface area contributed by atoms with Gasteiger partial charge < -0.3 is 10.6 Å². The number of anilines is 1. The van der Waals surface area contributed by atoms with E-state index >= 15 is 0 Å². The summed E-state index contributed by atoms with van der Waals surface area (Å²) in [5, 5.41) is 0. The molecule has 0 atom stereocenters. The number of hydrogen-bond acceptors (Lipinski definition) is 2. The fraction of sp³-hybridized carbons (Fsp3) is 0.500.